The fourth-order valence-electron chi connectivity index (χ4n) is 1.52. The highest BCUT2D eigenvalue weighted by Gasteiger charge is 2.05. The van der Waals surface area contributed by atoms with Crippen LogP contribution in [-0.4, -0.2) is 29.7 Å². The van der Waals surface area contributed by atoms with E-state index in [2.05, 4.69) is 20.8 Å². The summed E-state index contributed by atoms with van der Waals surface area (Å²) in [5.41, 5.74) is 1.64. The fourth-order valence-corrected chi connectivity index (χ4v) is 1.52. The van der Waals surface area contributed by atoms with E-state index in [0.29, 0.717) is 13.0 Å². The molecule has 0 saturated carbocycles. The van der Waals surface area contributed by atoms with E-state index >= 15 is 0 Å². The first-order chi connectivity index (χ1) is 7.81. The Hall–Kier alpha value is -1.59. The maximum absolute atomic E-state index is 11.6. The summed E-state index contributed by atoms with van der Waals surface area (Å²) in [7, 11) is 1.82. The third-order valence-corrected chi connectivity index (χ3v) is 2.35. The Balaban J connectivity index is 0.00000144. The number of hydrogen-bond acceptors (Lipinski definition) is 3. The second-order valence-electron chi connectivity index (χ2n) is 3.54. The minimum Gasteiger partial charge on any atom is -0.324 e. The number of aromatic nitrogens is 2. The maximum Gasteiger partial charge on any atom is 0.225 e. The van der Waals surface area contributed by atoms with Crippen molar-refractivity contribution in [2.75, 3.05) is 18.9 Å². The molecule has 17 heavy (non-hydrogen) atoms. The smallest absolute Gasteiger partial charge is 0.225 e. The van der Waals surface area contributed by atoms with Crippen LogP contribution >= 0.6 is 12.4 Å². The van der Waals surface area contributed by atoms with Gasteiger partial charge in [0.2, 0.25) is 5.91 Å². The molecule has 6 heteroatoms. The van der Waals surface area contributed by atoms with E-state index in [4.69, 9.17) is 0 Å². The van der Waals surface area contributed by atoms with E-state index in [9.17, 15) is 4.79 Å². The summed E-state index contributed by atoms with van der Waals surface area (Å²) in [6, 6.07) is 5.70. The van der Waals surface area contributed by atoms with Gasteiger partial charge >= 0.3 is 0 Å². The van der Waals surface area contributed by atoms with Gasteiger partial charge in [0.15, 0.2) is 0 Å². The number of amides is 1. The first-order valence-electron chi connectivity index (χ1n) is 5.18. The maximum atomic E-state index is 11.6. The summed E-state index contributed by atoms with van der Waals surface area (Å²) >= 11 is 0. The number of benzene rings is 1. The number of H-pyrrole nitrogens is 1. The van der Waals surface area contributed by atoms with Gasteiger partial charge in [-0.1, -0.05) is 12.1 Å². The average Bonchev–Trinajstić information content (AvgIpc) is 2.75. The van der Waals surface area contributed by atoms with Crippen molar-refractivity contribution in [1.29, 1.82) is 0 Å². The van der Waals surface area contributed by atoms with Gasteiger partial charge in [-0.25, -0.2) is 0 Å². The molecule has 0 bridgehead atoms. The highest BCUT2D eigenvalue weighted by Crippen LogP contribution is 2.20. The number of halogens is 1. The zero-order valence-electron chi connectivity index (χ0n) is 9.49. The largest absolute Gasteiger partial charge is 0.324 e. The Kier molecular flexibility index (Phi) is 4.93. The van der Waals surface area contributed by atoms with Crippen molar-refractivity contribution in [3.63, 3.8) is 0 Å². The Morgan fingerprint density at radius 2 is 2.29 bits per heavy atom. The van der Waals surface area contributed by atoms with Crippen molar-refractivity contribution in [2.45, 2.75) is 6.42 Å². The predicted molar refractivity (Wildman–Crippen MR) is 70.5 cm³/mol. The average molecular weight is 255 g/mol. The summed E-state index contributed by atoms with van der Waals surface area (Å²) in [6.45, 7) is 0.671. The number of anilines is 1. The summed E-state index contributed by atoms with van der Waals surface area (Å²) in [4.78, 5) is 11.6. The van der Waals surface area contributed by atoms with E-state index in [1.54, 1.807) is 6.20 Å². The molecule has 0 radical (unpaired) electrons. The van der Waals surface area contributed by atoms with E-state index in [1.807, 2.05) is 25.2 Å². The molecule has 0 fully saturated rings. The zero-order chi connectivity index (χ0) is 11.4. The number of carbonyl (C=O) groups is 1. The first kappa shape index (κ1) is 13.5. The molecule has 0 aliphatic carbocycles. The van der Waals surface area contributed by atoms with Gasteiger partial charge in [0.1, 0.15) is 0 Å². The monoisotopic (exact) mass is 254 g/mol. The highest BCUT2D eigenvalue weighted by molar-refractivity contribution is 6.00. The number of hydrogen-bond donors (Lipinski definition) is 3. The third-order valence-electron chi connectivity index (χ3n) is 2.35. The predicted octanol–water partition coefficient (Wildman–Crippen LogP) is 1.53. The van der Waals surface area contributed by atoms with Gasteiger partial charge in [0.25, 0.3) is 0 Å². The van der Waals surface area contributed by atoms with Crippen LogP contribution in [0.2, 0.25) is 0 Å². The van der Waals surface area contributed by atoms with Gasteiger partial charge in [-0.3, -0.25) is 9.89 Å². The number of nitrogens with one attached hydrogen (secondary N) is 3. The molecule has 2 rings (SSSR count). The van der Waals surface area contributed by atoms with Crippen molar-refractivity contribution < 1.29 is 4.79 Å². The fraction of sp³-hybridized carbons (Fsp3) is 0.273. The number of fused-ring (bicyclic) bond motifs is 1. The van der Waals surface area contributed by atoms with Gasteiger partial charge in [-0.15, -0.1) is 12.4 Å². The van der Waals surface area contributed by atoms with Gasteiger partial charge in [0.05, 0.1) is 17.4 Å². The Labute approximate surface area is 105 Å². The highest BCUT2D eigenvalue weighted by atomic mass is 35.5. The minimum absolute atomic E-state index is 0. The minimum atomic E-state index is -0.00329. The van der Waals surface area contributed by atoms with Gasteiger partial charge in [0, 0.05) is 18.4 Å². The SMILES string of the molecule is CNCCC(=O)Nc1cccc2cn[nH]c12.Cl. The van der Waals surface area contributed by atoms with E-state index in [1.165, 1.54) is 0 Å². The van der Waals surface area contributed by atoms with Crippen molar-refractivity contribution in [1.82, 2.24) is 15.5 Å². The number of aromatic amines is 1. The molecule has 92 valence electrons. The summed E-state index contributed by atoms with van der Waals surface area (Å²) in [5, 5.41) is 13.6. The van der Waals surface area contributed by atoms with Crippen LogP contribution in [0.15, 0.2) is 24.4 Å². The molecule has 0 aliphatic rings. The lowest BCUT2D eigenvalue weighted by Crippen LogP contribution is -2.18. The van der Waals surface area contributed by atoms with Crippen LogP contribution in [0.5, 0.6) is 0 Å². The topological polar surface area (TPSA) is 69.8 Å². The molecule has 1 amide bonds. The molecule has 0 aliphatic heterocycles. The molecule has 0 saturated heterocycles. The van der Waals surface area contributed by atoms with Crippen LogP contribution in [0, 0.1) is 0 Å². The lowest BCUT2D eigenvalue weighted by molar-refractivity contribution is -0.116. The molecule has 1 aromatic heterocycles. The lowest BCUT2D eigenvalue weighted by Gasteiger charge is -2.05. The summed E-state index contributed by atoms with van der Waals surface area (Å²) < 4.78 is 0. The molecule has 1 aromatic carbocycles. The normalized spacial score (nSPS) is 9.94. The molecular formula is C11H15ClN4O. The standard InChI is InChI=1S/C11H14N4O.ClH/c1-12-6-5-10(16)14-9-4-2-3-8-7-13-15-11(8)9;/h2-4,7,12H,5-6H2,1H3,(H,13,15)(H,14,16);1H. The summed E-state index contributed by atoms with van der Waals surface area (Å²) in [5.74, 6) is -0.00329. The quantitative estimate of drug-likeness (QED) is 0.775. The molecular weight excluding hydrogens is 240 g/mol. The van der Waals surface area contributed by atoms with E-state index < -0.39 is 0 Å². The molecule has 0 spiro atoms. The molecule has 0 unspecified atom stereocenters. The molecule has 5 nitrogen and oxygen atoms in total. The second-order valence-corrected chi connectivity index (χ2v) is 3.54. The van der Waals surface area contributed by atoms with Crippen LogP contribution in [-0.2, 0) is 4.79 Å². The Morgan fingerprint density at radius 1 is 1.47 bits per heavy atom. The Bertz CT molecular complexity index is 497. The number of nitrogens with zero attached hydrogens (tertiary/aromatic N) is 1. The van der Waals surface area contributed by atoms with Crippen LogP contribution in [0.25, 0.3) is 10.9 Å². The first-order valence-corrected chi connectivity index (χ1v) is 5.18. The summed E-state index contributed by atoms with van der Waals surface area (Å²) in [6.07, 6.45) is 2.19. The van der Waals surface area contributed by atoms with Gasteiger partial charge in [-0.2, -0.15) is 5.10 Å². The molecule has 1 heterocycles. The number of para-hydroxylation sites is 1. The van der Waals surface area contributed by atoms with Crippen molar-refractivity contribution in [3.05, 3.63) is 24.4 Å². The van der Waals surface area contributed by atoms with Crippen molar-refractivity contribution >= 4 is 34.9 Å². The molecule has 2 aromatic rings. The van der Waals surface area contributed by atoms with Crippen molar-refractivity contribution in [3.8, 4) is 0 Å². The van der Waals surface area contributed by atoms with E-state index in [-0.39, 0.29) is 18.3 Å². The molecule has 0 atom stereocenters. The van der Waals surface area contributed by atoms with Crippen LogP contribution in [0.3, 0.4) is 0 Å². The number of rotatable bonds is 4. The zero-order valence-corrected chi connectivity index (χ0v) is 10.3. The second kappa shape index (κ2) is 6.22. The van der Waals surface area contributed by atoms with Crippen molar-refractivity contribution in [2.24, 2.45) is 0 Å². The van der Waals surface area contributed by atoms with Gasteiger partial charge in [-0.05, 0) is 13.1 Å². The van der Waals surface area contributed by atoms with Crippen LogP contribution in [0.4, 0.5) is 5.69 Å². The number of carbonyl (C=O) groups excluding carboxylic acids is 1. The molecule has 3 N–H and O–H groups in total. The lowest BCUT2D eigenvalue weighted by atomic mass is 10.2. The van der Waals surface area contributed by atoms with E-state index in [0.717, 1.165) is 16.6 Å². The third kappa shape index (κ3) is 3.18. The van der Waals surface area contributed by atoms with Crippen LogP contribution in [0.1, 0.15) is 6.42 Å². The Morgan fingerprint density at radius 3 is 3.06 bits per heavy atom. The van der Waals surface area contributed by atoms with Crippen LogP contribution < -0.4 is 10.6 Å². The van der Waals surface area contributed by atoms with Gasteiger partial charge < -0.3 is 10.6 Å².